The van der Waals surface area contributed by atoms with Crippen molar-refractivity contribution >= 4 is 11.8 Å². The average Bonchev–Trinajstić information content (AvgIpc) is 2.73. The van der Waals surface area contributed by atoms with Gasteiger partial charge < -0.3 is 14.5 Å². The first kappa shape index (κ1) is 18.3. The molecular weight excluding hydrogens is 344 g/mol. The molecular formula is C20H28N4O3. The van der Waals surface area contributed by atoms with Gasteiger partial charge >= 0.3 is 0 Å². The molecule has 2 amide bonds. The van der Waals surface area contributed by atoms with Crippen LogP contribution in [0.15, 0.2) is 6.20 Å². The van der Waals surface area contributed by atoms with Crippen LogP contribution in [-0.2, 0) is 27.3 Å². The van der Waals surface area contributed by atoms with Gasteiger partial charge in [0.1, 0.15) is 11.9 Å². The van der Waals surface area contributed by atoms with E-state index in [-0.39, 0.29) is 17.9 Å². The van der Waals surface area contributed by atoms with Crippen molar-refractivity contribution in [2.45, 2.75) is 64.0 Å². The van der Waals surface area contributed by atoms with E-state index in [1.165, 1.54) is 0 Å². The van der Waals surface area contributed by atoms with Crippen LogP contribution in [0.3, 0.4) is 0 Å². The molecule has 4 heterocycles. The maximum atomic E-state index is 12.7. The standard InChI is InChI=1S/C20H28N4O3/c1-14(25)23-8-5-15(6-9-23)19-21-12-16-13-24(10-7-17(16)22-19)20(26)18-4-2-3-11-27-18/h12,15,18H,2-11,13H2,1H3/t18-/m0/s1. The van der Waals surface area contributed by atoms with Crippen LogP contribution in [0, 0.1) is 0 Å². The summed E-state index contributed by atoms with van der Waals surface area (Å²) in [7, 11) is 0. The van der Waals surface area contributed by atoms with Crippen molar-refractivity contribution < 1.29 is 14.3 Å². The number of likely N-dealkylation sites (tertiary alicyclic amines) is 1. The third-order valence-electron chi connectivity index (χ3n) is 6.02. The topological polar surface area (TPSA) is 75.6 Å². The summed E-state index contributed by atoms with van der Waals surface area (Å²) in [6.45, 7) is 5.16. The molecule has 3 aliphatic rings. The molecule has 2 fully saturated rings. The fourth-order valence-corrected chi connectivity index (χ4v) is 4.31. The van der Waals surface area contributed by atoms with Gasteiger partial charge in [-0.25, -0.2) is 9.97 Å². The number of hydrogen-bond acceptors (Lipinski definition) is 5. The third-order valence-corrected chi connectivity index (χ3v) is 6.02. The number of ether oxygens (including phenoxy) is 1. The number of aromatic nitrogens is 2. The van der Waals surface area contributed by atoms with Gasteiger partial charge in [-0.2, -0.15) is 0 Å². The Kier molecular flexibility index (Phi) is 5.38. The smallest absolute Gasteiger partial charge is 0.252 e. The van der Waals surface area contributed by atoms with E-state index in [0.29, 0.717) is 25.6 Å². The van der Waals surface area contributed by atoms with Crippen molar-refractivity contribution in [1.82, 2.24) is 19.8 Å². The third kappa shape index (κ3) is 3.98. The second-order valence-corrected chi connectivity index (χ2v) is 7.85. The second-order valence-electron chi connectivity index (χ2n) is 7.85. The summed E-state index contributed by atoms with van der Waals surface area (Å²) in [5.74, 6) is 1.47. The quantitative estimate of drug-likeness (QED) is 0.789. The van der Waals surface area contributed by atoms with Crippen molar-refractivity contribution in [3.63, 3.8) is 0 Å². The van der Waals surface area contributed by atoms with Crippen LogP contribution in [-0.4, -0.2) is 63.9 Å². The Morgan fingerprint density at radius 3 is 2.63 bits per heavy atom. The van der Waals surface area contributed by atoms with Crippen LogP contribution >= 0.6 is 0 Å². The highest BCUT2D eigenvalue weighted by atomic mass is 16.5. The molecule has 7 heteroatoms. The lowest BCUT2D eigenvalue weighted by molar-refractivity contribution is -0.147. The zero-order valence-corrected chi connectivity index (χ0v) is 16.0. The molecule has 0 unspecified atom stereocenters. The summed E-state index contributed by atoms with van der Waals surface area (Å²) in [4.78, 5) is 37.4. The monoisotopic (exact) mass is 372 g/mol. The van der Waals surface area contributed by atoms with Crippen LogP contribution in [0.2, 0.25) is 0 Å². The normalized spacial score (nSPS) is 23.8. The van der Waals surface area contributed by atoms with Gasteiger partial charge in [-0.15, -0.1) is 0 Å². The minimum Gasteiger partial charge on any atom is -0.368 e. The van der Waals surface area contributed by atoms with Gasteiger partial charge in [-0.05, 0) is 32.1 Å². The molecule has 146 valence electrons. The molecule has 0 radical (unpaired) electrons. The second kappa shape index (κ2) is 7.92. The van der Waals surface area contributed by atoms with Gasteiger partial charge in [0.15, 0.2) is 0 Å². The number of rotatable bonds is 2. The number of carbonyl (C=O) groups is 2. The zero-order valence-electron chi connectivity index (χ0n) is 16.0. The number of piperidine rings is 1. The zero-order chi connectivity index (χ0) is 18.8. The van der Waals surface area contributed by atoms with Crippen molar-refractivity contribution in [2.24, 2.45) is 0 Å². The SMILES string of the molecule is CC(=O)N1CCC(c2ncc3c(n2)CCN(C(=O)[C@@H]2CCCCO2)C3)CC1. The van der Waals surface area contributed by atoms with Crippen LogP contribution in [0.1, 0.15) is 62.0 Å². The Labute approximate surface area is 160 Å². The summed E-state index contributed by atoms with van der Waals surface area (Å²) in [6, 6.07) is 0. The minimum atomic E-state index is -0.271. The van der Waals surface area contributed by atoms with Gasteiger partial charge in [0, 0.05) is 63.8 Å². The van der Waals surface area contributed by atoms with E-state index in [1.54, 1.807) is 6.92 Å². The first-order chi connectivity index (χ1) is 13.1. The molecule has 7 nitrogen and oxygen atoms in total. The van der Waals surface area contributed by atoms with Crippen LogP contribution in [0.5, 0.6) is 0 Å². The number of fused-ring (bicyclic) bond motifs is 1. The number of carbonyl (C=O) groups excluding carboxylic acids is 2. The molecule has 0 spiro atoms. The largest absolute Gasteiger partial charge is 0.368 e. The van der Waals surface area contributed by atoms with Gasteiger partial charge in [-0.1, -0.05) is 0 Å². The summed E-state index contributed by atoms with van der Waals surface area (Å²) in [6.07, 6.45) is 7.18. The average molecular weight is 372 g/mol. The molecule has 3 aliphatic heterocycles. The summed E-state index contributed by atoms with van der Waals surface area (Å²) >= 11 is 0. The van der Waals surface area contributed by atoms with Crippen LogP contribution in [0.25, 0.3) is 0 Å². The lowest BCUT2D eigenvalue weighted by atomic mass is 9.95. The Hall–Kier alpha value is -2.02. The van der Waals surface area contributed by atoms with Crippen molar-refractivity contribution in [2.75, 3.05) is 26.2 Å². The lowest BCUT2D eigenvalue weighted by Gasteiger charge is -2.33. The lowest BCUT2D eigenvalue weighted by Crippen LogP contribution is -2.44. The Morgan fingerprint density at radius 1 is 1.11 bits per heavy atom. The van der Waals surface area contributed by atoms with E-state index in [9.17, 15) is 9.59 Å². The molecule has 1 aromatic rings. The van der Waals surface area contributed by atoms with Crippen LogP contribution < -0.4 is 0 Å². The first-order valence-electron chi connectivity index (χ1n) is 10.1. The van der Waals surface area contributed by atoms with Gasteiger partial charge in [0.25, 0.3) is 5.91 Å². The molecule has 27 heavy (non-hydrogen) atoms. The van der Waals surface area contributed by atoms with Gasteiger partial charge in [0.2, 0.25) is 5.91 Å². The fraction of sp³-hybridized carbons (Fsp3) is 0.700. The molecule has 1 aromatic heterocycles. The number of amides is 2. The maximum absolute atomic E-state index is 12.7. The molecule has 0 saturated carbocycles. The molecule has 2 saturated heterocycles. The summed E-state index contributed by atoms with van der Waals surface area (Å²) < 4.78 is 5.65. The predicted molar refractivity (Wildman–Crippen MR) is 99.0 cm³/mol. The molecule has 0 aromatic carbocycles. The highest BCUT2D eigenvalue weighted by molar-refractivity contribution is 5.81. The number of nitrogens with zero attached hydrogens (tertiary/aromatic N) is 4. The maximum Gasteiger partial charge on any atom is 0.252 e. The molecule has 0 N–H and O–H groups in total. The summed E-state index contributed by atoms with van der Waals surface area (Å²) in [5.41, 5.74) is 2.12. The number of hydrogen-bond donors (Lipinski definition) is 0. The predicted octanol–water partition coefficient (Wildman–Crippen LogP) is 1.66. The minimum absolute atomic E-state index is 0.112. The van der Waals surface area contributed by atoms with Crippen molar-refractivity contribution in [3.05, 3.63) is 23.3 Å². The first-order valence-corrected chi connectivity index (χ1v) is 10.1. The Morgan fingerprint density at radius 2 is 1.93 bits per heavy atom. The Balaban J connectivity index is 1.39. The van der Waals surface area contributed by atoms with E-state index in [2.05, 4.69) is 4.98 Å². The van der Waals surface area contributed by atoms with Gasteiger partial charge in [-0.3, -0.25) is 9.59 Å². The molecule has 0 bridgehead atoms. The van der Waals surface area contributed by atoms with E-state index >= 15 is 0 Å². The summed E-state index contributed by atoms with van der Waals surface area (Å²) in [5, 5.41) is 0. The Bertz CT molecular complexity index is 709. The molecule has 0 aliphatic carbocycles. The molecule has 1 atom stereocenters. The van der Waals surface area contributed by atoms with Crippen LogP contribution in [0.4, 0.5) is 0 Å². The fourth-order valence-electron chi connectivity index (χ4n) is 4.31. The van der Waals surface area contributed by atoms with E-state index in [4.69, 9.17) is 9.72 Å². The van der Waals surface area contributed by atoms with Crippen molar-refractivity contribution in [3.8, 4) is 0 Å². The van der Waals surface area contributed by atoms with E-state index in [0.717, 1.165) is 68.7 Å². The van der Waals surface area contributed by atoms with E-state index < -0.39 is 0 Å². The highest BCUT2D eigenvalue weighted by Crippen LogP contribution is 2.27. The van der Waals surface area contributed by atoms with Crippen molar-refractivity contribution in [1.29, 1.82) is 0 Å². The highest BCUT2D eigenvalue weighted by Gasteiger charge is 2.31. The molecule has 4 rings (SSSR count). The van der Waals surface area contributed by atoms with Gasteiger partial charge in [0.05, 0.1) is 5.69 Å². The van der Waals surface area contributed by atoms with E-state index in [1.807, 2.05) is 16.0 Å².